The van der Waals surface area contributed by atoms with Crippen molar-refractivity contribution in [3.63, 3.8) is 0 Å². The highest BCUT2D eigenvalue weighted by molar-refractivity contribution is 5.83. The number of hydrogen-bond acceptors (Lipinski definition) is 3. The summed E-state index contributed by atoms with van der Waals surface area (Å²) >= 11 is 0. The quantitative estimate of drug-likeness (QED) is 0.794. The fraction of sp³-hybridized carbons (Fsp3) is 0.526. The van der Waals surface area contributed by atoms with Gasteiger partial charge < -0.3 is 4.42 Å². The van der Waals surface area contributed by atoms with Crippen LogP contribution < -0.4 is 5.63 Å². The van der Waals surface area contributed by atoms with Crippen LogP contribution in [0.2, 0.25) is 0 Å². The van der Waals surface area contributed by atoms with Gasteiger partial charge in [-0.3, -0.25) is 4.90 Å². The lowest BCUT2D eigenvalue weighted by atomic mass is 9.87. The topological polar surface area (TPSA) is 33.5 Å². The summed E-state index contributed by atoms with van der Waals surface area (Å²) in [4.78, 5) is 14.2. The fourth-order valence-corrected chi connectivity index (χ4v) is 2.72. The molecule has 0 radical (unpaired) electrons. The van der Waals surface area contributed by atoms with E-state index in [0.717, 1.165) is 34.2 Å². The van der Waals surface area contributed by atoms with Crippen LogP contribution in [0.25, 0.3) is 11.0 Å². The predicted octanol–water partition coefficient (Wildman–Crippen LogP) is 4.28. The summed E-state index contributed by atoms with van der Waals surface area (Å²) in [5.41, 5.74) is 3.86. The first-order valence-corrected chi connectivity index (χ1v) is 7.84. The van der Waals surface area contributed by atoms with Crippen LogP contribution in [0.15, 0.2) is 27.4 Å². The van der Waals surface area contributed by atoms with Crippen LogP contribution in [-0.4, -0.2) is 18.0 Å². The Kier molecular flexibility index (Phi) is 4.48. The maximum atomic E-state index is 11.9. The average molecular weight is 301 g/mol. The molecule has 1 unspecified atom stereocenters. The molecule has 1 aromatic carbocycles. The number of hydrogen-bond donors (Lipinski definition) is 0. The number of fused-ring (bicyclic) bond motifs is 1. The molecule has 0 bridgehead atoms. The Morgan fingerprint density at radius 3 is 2.45 bits per heavy atom. The van der Waals surface area contributed by atoms with Gasteiger partial charge in [0.05, 0.1) is 0 Å². The molecule has 0 saturated heterocycles. The van der Waals surface area contributed by atoms with Gasteiger partial charge in [0.15, 0.2) is 0 Å². The molecule has 0 fully saturated rings. The van der Waals surface area contributed by atoms with E-state index in [1.165, 1.54) is 0 Å². The smallest absolute Gasteiger partial charge is 0.336 e. The Morgan fingerprint density at radius 2 is 1.86 bits per heavy atom. The Morgan fingerprint density at radius 1 is 1.23 bits per heavy atom. The zero-order valence-corrected chi connectivity index (χ0v) is 14.8. The van der Waals surface area contributed by atoms with Crippen molar-refractivity contribution >= 4 is 11.0 Å². The lowest BCUT2D eigenvalue weighted by Gasteiger charge is -2.35. The van der Waals surface area contributed by atoms with E-state index in [-0.39, 0.29) is 11.0 Å². The van der Waals surface area contributed by atoms with Gasteiger partial charge >= 0.3 is 5.63 Å². The molecule has 1 heterocycles. The lowest BCUT2D eigenvalue weighted by Crippen LogP contribution is -2.38. The zero-order valence-electron chi connectivity index (χ0n) is 14.8. The second-order valence-electron chi connectivity index (χ2n) is 7.43. The van der Waals surface area contributed by atoms with Crippen molar-refractivity contribution in [1.82, 2.24) is 4.90 Å². The van der Waals surface area contributed by atoms with Crippen LogP contribution in [0.5, 0.6) is 0 Å². The van der Waals surface area contributed by atoms with Gasteiger partial charge in [0.1, 0.15) is 5.58 Å². The summed E-state index contributed by atoms with van der Waals surface area (Å²) in [5.74, 6) is 0. The molecule has 0 spiro atoms. The summed E-state index contributed by atoms with van der Waals surface area (Å²) in [6.45, 7) is 13.7. The minimum absolute atomic E-state index is 0.191. The van der Waals surface area contributed by atoms with Gasteiger partial charge in [-0.05, 0) is 49.9 Å². The van der Waals surface area contributed by atoms with Crippen LogP contribution in [-0.2, 0) is 6.54 Å². The molecule has 2 rings (SSSR count). The van der Waals surface area contributed by atoms with Gasteiger partial charge in [0.25, 0.3) is 0 Å². The minimum Gasteiger partial charge on any atom is -0.422 e. The summed E-state index contributed by atoms with van der Waals surface area (Å²) in [7, 11) is 2.11. The van der Waals surface area contributed by atoms with Crippen molar-refractivity contribution in [2.45, 2.75) is 54.1 Å². The van der Waals surface area contributed by atoms with Gasteiger partial charge in [-0.2, -0.15) is 0 Å². The lowest BCUT2D eigenvalue weighted by molar-refractivity contribution is 0.135. The summed E-state index contributed by atoms with van der Waals surface area (Å²) in [6, 6.07) is 6.18. The molecule has 2 aromatic rings. The van der Waals surface area contributed by atoms with Crippen molar-refractivity contribution < 1.29 is 4.42 Å². The molecule has 0 amide bonds. The molecule has 22 heavy (non-hydrogen) atoms. The Balaban J connectivity index is 2.48. The van der Waals surface area contributed by atoms with Crippen LogP contribution >= 0.6 is 0 Å². The second kappa shape index (κ2) is 5.88. The van der Waals surface area contributed by atoms with Gasteiger partial charge in [0.2, 0.25) is 0 Å². The average Bonchev–Trinajstić information content (AvgIpc) is 2.41. The molecular weight excluding hydrogens is 274 g/mol. The molecule has 3 heteroatoms. The first-order valence-electron chi connectivity index (χ1n) is 7.84. The monoisotopic (exact) mass is 301 g/mol. The molecule has 120 valence electrons. The third-order valence-electron chi connectivity index (χ3n) is 4.85. The molecule has 1 atom stereocenters. The van der Waals surface area contributed by atoms with Gasteiger partial charge in [0, 0.05) is 24.0 Å². The highest BCUT2D eigenvalue weighted by atomic mass is 16.4. The van der Waals surface area contributed by atoms with Crippen molar-refractivity contribution in [3.8, 4) is 0 Å². The van der Waals surface area contributed by atoms with Crippen LogP contribution in [0.3, 0.4) is 0 Å². The second-order valence-corrected chi connectivity index (χ2v) is 7.43. The summed E-state index contributed by atoms with van der Waals surface area (Å²) < 4.78 is 5.45. The van der Waals surface area contributed by atoms with Crippen LogP contribution in [0, 0.1) is 19.3 Å². The van der Waals surface area contributed by atoms with E-state index in [0.29, 0.717) is 6.04 Å². The highest BCUT2D eigenvalue weighted by Gasteiger charge is 2.24. The SMILES string of the molecule is Cc1ccc2c(CN(C)C(C)C(C)(C)C)cc(=O)oc2c1C. The molecule has 0 aliphatic rings. The minimum atomic E-state index is -0.270. The third-order valence-corrected chi connectivity index (χ3v) is 4.85. The van der Waals surface area contributed by atoms with E-state index < -0.39 is 0 Å². The molecule has 0 N–H and O–H groups in total. The fourth-order valence-electron chi connectivity index (χ4n) is 2.72. The van der Waals surface area contributed by atoms with E-state index in [9.17, 15) is 4.79 Å². The Hall–Kier alpha value is -1.61. The third kappa shape index (κ3) is 3.25. The first kappa shape index (κ1) is 16.8. The van der Waals surface area contributed by atoms with Crippen molar-refractivity contribution in [2.24, 2.45) is 5.41 Å². The van der Waals surface area contributed by atoms with Gasteiger partial charge in [-0.15, -0.1) is 0 Å². The zero-order chi connectivity index (χ0) is 16.7. The maximum absolute atomic E-state index is 11.9. The van der Waals surface area contributed by atoms with E-state index in [1.54, 1.807) is 6.07 Å². The van der Waals surface area contributed by atoms with E-state index in [1.807, 2.05) is 13.8 Å². The number of rotatable bonds is 3. The number of benzene rings is 1. The maximum Gasteiger partial charge on any atom is 0.336 e. The van der Waals surface area contributed by atoms with Crippen molar-refractivity contribution in [1.29, 1.82) is 0 Å². The molecule has 0 saturated carbocycles. The number of nitrogens with zero attached hydrogens (tertiary/aromatic N) is 1. The molecule has 0 aliphatic carbocycles. The van der Waals surface area contributed by atoms with Gasteiger partial charge in [-0.1, -0.05) is 32.9 Å². The Labute approximate surface area is 132 Å². The van der Waals surface area contributed by atoms with E-state index in [2.05, 4.69) is 51.8 Å². The largest absolute Gasteiger partial charge is 0.422 e. The predicted molar refractivity (Wildman–Crippen MR) is 92.3 cm³/mol. The van der Waals surface area contributed by atoms with E-state index in [4.69, 9.17) is 4.42 Å². The molecule has 1 aromatic heterocycles. The van der Waals surface area contributed by atoms with Crippen molar-refractivity contribution in [2.75, 3.05) is 7.05 Å². The number of aryl methyl sites for hydroxylation is 2. The van der Waals surface area contributed by atoms with E-state index >= 15 is 0 Å². The van der Waals surface area contributed by atoms with Crippen LogP contribution in [0.1, 0.15) is 44.4 Å². The highest BCUT2D eigenvalue weighted by Crippen LogP contribution is 2.27. The standard InChI is InChI=1S/C19H27NO2/c1-12-8-9-16-15(10-17(21)22-18(16)13(12)2)11-20(7)14(3)19(4,5)6/h8-10,14H,11H2,1-7H3. The summed E-state index contributed by atoms with van der Waals surface area (Å²) in [6.07, 6.45) is 0. The first-order chi connectivity index (χ1) is 10.1. The molecular formula is C19H27NO2. The van der Waals surface area contributed by atoms with Crippen LogP contribution in [0.4, 0.5) is 0 Å². The van der Waals surface area contributed by atoms with Gasteiger partial charge in [-0.25, -0.2) is 4.79 Å². The normalized spacial score (nSPS) is 13.8. The molecule has 0 aliphatic heterocycles. The Bertz CT molecular complexity index is 737. The summed E-state index contributed by atoms with van der Waals surface area (Å²) in [5, 5.41) is 1.04. The van der Waals surface area contributed by atoms with Crippen molar-refractivity contribution in [3.05, 3.63) is 45.3 Å². The molecule has 3 nitrogen and oxygen atoms in total.